The van der Waals surface area contributed by atoms with Crippen molar-refractivity contribution in [2.75, 3.05) is 6.54 Å². The van der Waals surface area contributed by atoms with Crippen LogP contribution in [0.3, 0.4) is 0 Å². The summed E-state index contributed by atoms with van der Waals surface area (Å²) in [6.07, 6.45) is -0.899. The Labute approximate surface area is 77.5 Å². The second-order valence-electron chi connectivity index (χ2n) is 3.45. The highest BCUT2D eigenvalue weighted by Crippen LogP contribution is 1.98. The largest absolute Gasteiger partial charge is 0.391 e. The third kappa shape index (κ3) is 4.69. The lowest BCUT2D eigenvalue weighted by Crippen LogP contribution is -2.45. The number of aliphatic hydroxyl groups is 1. The van der Waals surface area contributed by atoms with Gasteiger partial charge in [-0.25, -0.2) is 0 Å². The topological polar surface area (TPSA) is 78.8 Å². The van der Waals surface area contributed by atoms with E-state index in [1.807, 2.05) is 13.8 Å². The minimum absolute atomic E-state index is 0.348. The first-order chi connectivity index (χ1) is 5.99. The molecule has 0 aromatic heterocycles. The van der Waals surface area contributed by atoms with Crippen LogP contribution in [0.2, 0.25) is 0 Å². The first-order valence-corrected chi connectivity index (χ1v) is 4.27. The van der Waals surface area contributed by atoms with Crippen molar-refractivity contribution in [3.63, 3.8) is 0 Å². The van der Waals surface area contributed by atoms with Gasteiger partial charge in [0.15, 0.2) is 0 Å². The number of hydrogen-bond donors (Lipinski definition) is 2. The molecule has 0 spiro atoms. The van der Waals surface area contributed by atoms with Gasteiger partial charge in [0.05, 0.1) is 6.10 Å². The fourth-order valence-corrected chi connectivity index (χ4v) is 0.884. The van der Waals surface area contributed by atoms with Crippen molar-refractivity contribution in [1.29, 1.82) is 0 Å². The molecule has 76 valence electrons. The molecule has 0 aliphatic carbocycles. The minimum Gasteiger partial charge on any atom is -0.391 e. The van der Waals surface area contributed by atoms with E-state index < -0.39 is 18.1 Å². The molecule has 0 heterocycles. The normalized spacial score (nSPS) is 15.5. The summed E-state index contributed by atoms with van der Waals surface area (Å²) < 4.78 is 0. The summed E-state index contributed by atoms with van der Waals surface area (Å²) in [4.78, 5) is 20.8. The number of nitroso groups, excluding NO2 is 1. The fourth-order valence-electron chi connectivity index (χ4n) is 0.884. The van der Waals surface area contributed by atoms with E-state index in [0.717, 1.165) is 0 Å². The van der Waals surface area contributed by atoms with E-state index >= 15 is 0 Å². The molecule has 0 saturated heterocycles. The number of rotatable bonds is 5. The molecule has 5 heteroatoms. The van der Waals surface area contributed by atoms with Crippen LogP contribution in [0.25, 0.3) is 0 Å². The van der Waals surface area contributed by atoms with E-state index in [2.05, 4.69) is 10.5 Å². The van der Waals surface area contributed by atoms with Crippen LogP contribution in [0.1, 0.15) is 20.8 Å². The zero-order valence-electron chi connectivity index (χ0n) is 8.15. The SMILES string of the molecule is CC(C)CNC(C(=O)N=O)C(C)O. The fraction of sp³-hybridized carbons (Fsp3) is 0.875. The molecule has 2 N–H and O–H groups in total. The van der Waals surface area contributed by atoms with Gasteiger partial charge in [-0.3, -0.25) is 4.79 Å². The lowest BCUT2D eigenvalue weighted by atomic mass is 10.1. The molecule has 0 fully saturated rings. The first kappa shape index (κ1) is 12.2. The maximum atomic E-state index is 10.9. The Hall–Kier alpha value is -0.810. The number of hydrogen-bond acceptors (Lipinski definition) is 4. The summed E-state index contributed by atoms with van der Waals surface area (Å²) in [5, 5.41) is 14.2. The Bertz CT molecular complexity index is 180. The van der Waals surface area contributed by atoms with Gasteiger partial charge in [0, 0.05) is 5.18 Å². The monoisotopic (exact) mass is 188 g/mol. The molecule has 5 nitrogen and oxygen atoms in total. The second kappa shape index (κ2) is 5.77. The van der Waals surface area contributed by atoms with Crippen molar-refractivity contribution in [3.8, 4) is 0 Å². The average Bonchev–Trinajstić information content (AvgIpc) is 2.03. The van der Waals surface area contributed by atoms with Crippen LogP contribution >= 0.6 is 0 Å². The maximum absolute atomic E-state index is 10.9. The number of carbonyl (C=O) groups excluding carboxylic acids is 1. The third-order valence-corrected chi connectivity index (χ3v) is 1.58. The molecule has 0 aromatic rings. The van der Waals surface area contributed by atoms with Crippen LogP contribution in [0.5, 0.6) is 0 Å². The molecule has 0 aromatic carbocycles. The van der Waals surface area contributed by atoms with Crippen LogP contribution in [0, 0.1) is 10.8 Å². The maximum Gasteiger partial charge on any atom is 0.305 e. The molecule has 0 aliphatic rings. The van der Waals surface area contributed by atoms with E-state index in [1.54, 1.807) is 0 Å². The minimum atomic E-state index is -0.899. The molecule has 1 amide bonds. The summed E-state index contributed by atoms with van der Waals surface area (Å²) in [6.45, 7) is 5.94. The number of nitrogens with one attached hydrogen (secondary N) is 1. The van der Waals surface area contributed by atoms with Crippen molar-refractivity contribution in [2.45, 2.75) is 32.9 Å². The quantitative estimate of drug-likeness (QED) is 0.607. The Morgan fingerprint density at radius 3 is 2.31 bits per heavy atom. The zero-order chi connectivity index (χ0) is 10.4. The lowest BCUT2D eigenvalue weighted by molar-refractivity contribution is -0.122. The number of nitrogens with zero attached hydrogens (tertiary/aromatic N) is 1. The molecule has 13 heavy (non-hydrogen) atoms. The molecule has 0 saturated carbocycles. The van der Waals surface area contributed by atoms with Crippen LogP contribution in [0.15, 0.2) is 5.18 Å². The van der Waals surface area contributed by atoms with Gasteiger partial charge in [0.1, 0.15) is 6.04 Å². The summed E-state index contributed by atoms with van der Waals surface area (Å²) in [5.74, 6) is -0.503. The Morgan fingerprint density at radius 2 is 2.00 bits per heavy atom. The van der Waals surface area contributed by atoms with Crippen LogP contribution < -0.4 is 5.32 Å². The Morgan fingerprint density at radius 1 is 1.46 bits per heavy atom. The number of aliphatic hydroxyl groups excluding tert-OH is 1. The first-order valence-electron chi connectivity index (χ1n) is 4.27. The van der Waals surface area contributed by atoms with Gasteiger partial charge >= 0.3 is 5.91 Å². The highest BCUT2D eigenvalue weighted by Gasteiger charge is 2.23. The molecule has 2 atom stereocenters. The van der Waals surface area contributed by atoms with Gasteiger partial charge < -0.3 is 10.4 Å². The van der Waals surface area contributed by atoms with Gasteiger partial charge in [0.25, 0.3) is 0 Å². The average molecular weight is 188 g/mol. The van der Waals surface area contributed by atoms with Gasteiger partial charge in [-0.05, 0) is 19.4 Å². The second-order valence-corrected chi connectivity index (χ2v) is 3.45. The summed E-state index contributed by atoms with van der Waals surface area (Å²) >= 11 is 0. The lowest BCUT2D eigenvalue weighted by Gasteiger charge is -2.17. The van der Waals surface area contributed by atoms with E-state index in [-0.39, 0.29) is 0 Å². The van der Waals surface area contributed by atoms with Gasteiger partial charge in [-0.15, -0.1) is 4.91 Å². The van der Waals surface area contributed by atoms with E-state index in [0.29, 0.717) is 12.5 Å². The van der Waals surface area contributed by atoms with Crippen molar-refractivity contribution >= 4 is 5.91 Å². The summed E-state index contributed by atoms with van der Waals surface area (Å²) in [7, 11) is 0. The molecule has 2 unspecified atom stereocenters. The summed E-state index contributed by atoms with van der Waals surface area (Å²) in [6, 6.07) is -0.875. The van der Waals surface area contributed by atoms with Gasteiger partial charge in [0.2, 0.25) is 0 Å². The van der Waals surface area contributed by atoms with Gasteiger partial charge in [-0.2, -0.15) is 0 Å². The molecule has 0 radical (unpaired) electrons. The standard InChI is InChI=1S/C8H16N2O3/c1-5(2)4-9-7(6(3)11)8(12)10-13/h5-7,9,11H,4H2,1-3H3. The van der Waals surface area contributed by atoms with Crippen molar-refractivity contribution < 1.29 is 9.90 Å². The zero-order valence-corrected chi connectivity index (χ0v) is 8.15. The molecular formula is C8H16N2O3. The highest BCUT2D eigenvalue weighted by atomic mass is 16.3. The van der Waals surface area contributed by atoms with E-state index in [9.17, 15) is 9.70 Å². The van der Waals surface area contributed by atoms with E-state index in [4.69, 9.17) is 5.11 Å². The van der Waals surface area contributed by atoms with Crippen molar-refractivity contribution in [1.82, 2.24) is 5.32 Å². The van der Waals surface area contributed by atoms with Crippen LogP contribution in [-0.4, -0.2) is 29.7 Å². The highest BCUT2D eigenvalue weighted by molar-refractivity contribution is 5.82. The Kier molecular flexibility index (Phi) is 5.41. The predicted molar refractivity (Wildman–Crippen MR) is 49.1 cm³/mol. The van der Waals surface area contributed by atoms with Crippen LogP contribution in [0.4, 0.5) is 0 Å². The molecular weight excluding hydrogens is 172 g/mol. The molecule has 0 aliphatic heterocycles. The smallest absolute Gasteiger partial charge is 0.305 e. The van der Waals surface area contributed by atoms with Crippen LogP contribution in [-0.2, 0) is 4.79 Å². The third-order valence-electron chi connectivity index (χ3n) is 1.58. The molecule has 0 rings (SSSR count). The van der Waals surface area contributed by atoms with Crippen molar-refractivity contribution in [2.24, 2.45) is 11.1 Å². The number of amides is 1. The van der Waals surface area contributed by atoms with Crippen molar-refractivity contribution in [3.05, 3.63) is 4.91 Å². The van der Waals surface area contributed by atoms with Gasteiger partial charge in [-0.1, -0.05) is 13.8 Å². The predicted octanol–water partition coefficient (Wildman–Crippen LogP) is 0.274. The Balaban J connectivity index is 4.10. The molecule has 0 bridgehead atoms. The summed E-state index contributed by atoms with van der Waals surface area (Å²) in [5.41, 5.74) is 0. The number of carbonyl (C=O) groups is 1. The van der Waals surface area contributed by atoms with E-state index in [1.165, 1.54) is 6.92 Å².